The van der Waals surface area contributed by atoms with Gasteiger partial charge in [-0.1, -0.05) is 13.0 Å². The average molecular weight is 421 g/mol. The first-order valence-electron chi connectivity index (χ1n) is 10.6. The second kappa shape index (κ2) is 9.22. The van der Waals surface area contributed by atoms with E-state index in [0.29, 0.717) is 17.9 Å². The minimum atomic E-state index is -0.368. The maximum atomic E-state index is 12.9. The van der Waals surface area contributed by atoms with Crippen molar-refractivity contribution in [3.63, 3.8) is 0 Å². The van der Waals surface area contributed by atoms with E-state index < -0.39 is 0 Å². The van der Waals surface area contributed by atoms with Gasteiger partial charge in [0.2, 0.25) is 0 Å². The lowest BCUT2D eigenvalue weighted by molar-refractivity contribution is 0.185. The molecular formula is C24H27N3O4. The first-order chi connectivity index (χ1) is 15.1. The van der Waals surface area contributed by atoms with Crippen LogP contribution in [0.2, 0.25) is 0 Å². The highest BCUT2D eigenvalue weighted by Crippen LogP contribution is 2.27. The van der Waals surface area contributed by atoms with Gasteiger partial charge < -0.3 is 25.0 Å². The lowest BCUT2D eigenvalue weighted by atomic mass is 10.1. The number of pyridine rings is 1. The van der Waals surface area contributed by atoms with Crippen LogP contribution in [-0.2, 0) is 19.4 Å². The minimum absolute atomic E-state index is 0.0993. The fraction of sp³-hybridized carbons (Fsp3) is 0.333. The van der Waals surface area contributed by atoms with Crippen molar-refractivity contribution in [1.29, 1.82) is 0 Å². The number of amides is 2. The summed E-state index contributed by atoms with van der Waals surface area (Å²) in [5, 5.41) is 13.3. The molecule has 0 saturated carbocycles. The Morgan fingerprint density at radius 2 is 2.10 bits per heavy atom. The van der Waals surface area contributed by atoms with Crippen molar-refractivity contribution in [2.45, 2.75) is 32.7 Å². The van der Waals surface area contributed by atoms with Gasteiger partial charge >= 0.3 is 6.03 Å². The Kier molecular flexibility index (Phi) is 6.23. The molecule has 0 fully saturated rings. The molecule has 7 heteroatoms. The minimum Gasteiger partial charge on any atom is -0.493 e. The Bertz CT molecular complexity index is 1160. The van der Waals surface area contributed by atoms with E-state index in [4.69, 9.17) is 4.74 Å². The molecule has 1 aliphatic heterocycles. The molecule has 0 aliphatic carbocycles. The van der Waals surface area contributed by atoms with Crippen LogP contribution >= 0.6 is 0 Å². The molecule has 2 heterocycles. The van der Waals surface area contributed by atoms with Gasteiger partial charge in [0.1, 0.15) is 5.75 Å². The van der Waals surface area contributed by atoms with Crippen molar-refractivity contribution >= 4 is 22.6 Å². The van der Waals surface area contributed by atoms with Crippen molar-refractivity contribution in [3.05, 3.63) is 69.5 Å². The summed E-state index contributed by atoms with van der Waals surface area (Å²) in [5.74, 6) is 0.852. The Morgan fingerprint density at radius 1 is 1.23 bits per heavy atom. The number of ether oxygens (including phenoxy) is 1. The molecular weight excluding hydrogens is 394 g/mol. The predicted molar refractivity (Wildman–Crippen MR) is 121 cm³/mol. The molecule has 4 rings (SSSR count). The highest BCUT2D eigenvalue weighted by molar-refractivity contribution is 5.89. The molecule has 0 atom stereocenters. The summed E-state index contributed by atoms with van der Waals surface area (Å²) in [6, 6.07) is 13.0. The van der Waals surface area contributed by atoms with E-state index in [9.17, 15) is 14.7 Å². The van der Waals surface area contributed by atoms with Crippen LogP contribution in [0.25, 0.3) is 10.9 Å². The number of aromatic amines is 1. The average Bonchev–Trinajstić information content (AvgIpc) is 2.78. The number of benzene rings is 2. The Morgan fingerprint density at radius 3 is 2.90 bits per heavy atom. The fourth-order valence-electron chi connectivity index (χ4n) is 3.86. The maximum absolute atomic E-state index is 12.9. The van der Waals surface area contributed by atoms with Crippen LogP contribution in [0.4, 0.5) is 10.5 Å². The molecule has 7 nitrogen and oxygen atoms in total. The van der Waals surface area contributed by atoms with E-state index in [1.54, 1.807) is 6.07 Å². The summed E-state index contributed by atoms with van der Waals surface area (Å²) in [6.07, 6.45) is 2.76. The molecule has 0 bridgehead atoms. The van der Waals surface area contributed by atoms with Gasteiger partial charge in [0.25, 0.3) is 5.56 Å². The number of hydrogen-bond donors (Lipinski definition) is 3. The van der Waals surface area contributed by atoms with Gasteiger partial charge in [-0.05, 0) is 72.2 Å². The van der Waals surface area contributed by atoms with E-state index in [0.717, 1.165) is 41.5 Å². The molecule has 31 heavy (non-hydrogen) atoms. The standard InChI is InChI=1S/C24H27N3O4/c1-2-16-5-7-21-18(12-16)13-19(23(29)26-21)15-27(9-10-28)24(30)25-20-6-8-22-17(14-20)4-3-11-31-22/h5-8,12-14,28H,2-4,9-11,15H2,1H3,(H,25,30)(H,26,29). The second-order valence-electron chi connectivity index (χ2n) is 7.75. The number of aliphatic hydroxyl groups excluding tert-OH is 1. The van der Waals surface area contributed by atoms with Crippen LogP contribution in [0, 0.1) is 0 Å². The quantitative estimate of drug-likeness (QED) is 0.568. The molecule has 1 aromatic heterocycles. The highest BCUT2D eigenvalue weighted by Gasteiger charge is 2.17. The summed E-state index contributed by atoms with van der Waals surface area (Å²) >= 11 is 0. The van der Waals surface area contributed by atoms with Gasteiger partial charge in [-0.15, -0.1) is 0 Å². The van der Waals surface area contributed by atoms with Crippen molar-refractivity contribution in [1.82, 2.24) is 9.88 Å². The lowest BCUT2D eigenvalue weighted by Gasteiger charge is -2.23. The number of aliphatic hydroxyl groups is 1. The lowest BCUT2D eigenvalue weighted by Crippen LogP contribution is -2.38. The third-order valence-electron chi connectivity index (χ3n) is 5.57. The third kappa shape index (κ3) is 4.72. The number of anilines is 1. The first kappa shape index (κ1) is 20.9. The largest absolute Gasteiger partial charge is 0.493 e. The number of fused-ring (bicyclic) bond motifs is 2. The van der Waals surface area contributed by atoms with Gasteiger partial charge in [-0.2, -0.15) is 0 Å². The predicted octanol–water partition coefficient (Wildman–Crippen LogP) is 3.44. The maximum Gasteiger partial charge on any atom is 0.322 e. The summed E-state index contributed by atoms with van der Waals surface area (Å²) in [4.78, 5) is 29.8. The molecule has 0 saturated heterocycles. The topological polar surface area (TPSA) is 94.7 Å². The van der Waals surface area contributed by atoms with Crippen molar-refractivity contribution < 1.29 is 14.6 Å². The Hall–Kier alpha value is -3.32. The Balaban J connectivity index is 1.55. The number of H-pyrrole nitrogens is 1. The molecule has 0 spiro atoms. The van der Waals surface area contributed by atoms with Crippen molar-refractivity contribution in [2.24, 2.45) is 0 Å². The summed E-state index contributed by atoms with van der Waals surface area (Å²) in [5.41, 5.74) is 3.90. The number of carbonyl (C=O) groups excluding carboxylic acids is 1. The zero-order chi connectivity index (χ0) is 21.8. The smallest absolute Gasteiger partial charge is 0.322 e. The number of urea groups is 1. The number of nitrogens with zero attached hydrogens (tertiary/aromatic N) is 1. The molecule has 2 aromatic carbocycles. The van der Waals surface area contributed by atoms with Crippen LogP contribution in [0.15, 0.2) is 47.3 Å². The van der Waals surface area contributed by atoms with Gasteiger partial charge in [0.05, 0.1) is 19.8 Å². The number of aryl methyl sites for hydroxylation is 2. The van der Waals surface area contributed by atoms with Crippen molar-refractivity contribution in [2.75, 3.05) is 25.1 Å². The molecule has 2 amide bonds. The number of carbonyl (C=O) groups is 1. The third-order valence-corrected chi connectivity index (χ3v) is 5.57. The SMILES string of the molecule is CCc1ccc2[nH]c(=O)c(CN(CCO)C(=O)Nc3ccc4c(c3)CCCO4)cc2c1. The summed E-state index contributed by atoms with van der Waals surface area (Å²) in [6.45, 7) is 2.81. The number of nitrogens with one attached hydrogen (secondary N) is 2. The molecule has 162 valence electrons. The van der Waals surface area contributed by atoms with Crippen LogP contribution < -0.4 is 15.6 Å². The highest BCUT2D eigenvalue weighted by atomic mass is 16.5. The number of rotatable bonds is 6. The van der Waals surface area contributed by atoms with Gasteiger partial charge in [-0.3, -0.25) is 4.79 Å². The van der Waals surface area contributed by atoms with Gasteiger partial charge in [-0.25, -0.2) is 4.79 Å². The first-order valence-corrected chi connectivity index (χ1v) is 10.6. The molecule has 3 N–H and O–H groups in total. The van der Waals surface area contributed by atoms with Crippen molar-refractivity contribution in [3.8, 4) is 5.75 Å². The Labute approximate surface area is 180 Å². The zero-order valence-electron chi connectivity index (χ0n) is 17.6. The molecule has 1 aliphatic rings. The molecule has 0 unspecified atom stereocenters. The van der Waals surface area contributed by atoms with E-state index in [1.165, 1.54) is 10.5 Å². The van der Waals surface area contributed by atoms with E-state index in [1.807, 2.05) is 36.4 Å². The van der Waals surface area contributed by atoms with E-state index in [-0.39, 0.29) is 31.3 Å². The monoisotopic (exact) mass is 421 g/mol. The van der Waals surface area contributed by atoms with Crippen LogP contribution in [0.5, 0.6) is 5.75 Å². The molecule has 0 radical (unpaired) electrons. The second-order valence-corrected chi connectivity index (χ2v) is 7.75. The van der Waals surface area contributed by atoms with E-state index in [2.05, 4.69) is 17.2 Å². The van der Waals surface area contributed by atoms with Crippen LogP contribution in [-0.4, -0.2) is 40.8 Å². The van der Waals surface area contributed by atoms with Crippen LogP contribution in [0.1, 0.15) is 30.0 Å². The number of hydrogen-bond acceptors (Lipinski definition) is 4. The van der Waals surface area contributed by atoms with Gasteiger partial charge in [0, 0.05) is 23.3 Å². The van der Waals surface area contributed by atoms with Gasteiger partial charge in [0.15, 0.2) is 0 Å². The fourth-order valence-corrected chi connectivity index (χ4v) is 3.86. The summed E-state index contributed by atoms with van der Waals surface area (Å²) in [7, 11) is 0. The molecule has 3 aromatic rings. The summed E-state index contributed by atoms with van der Waals surface area (Å²) < 4.78 is 5.62. The van der Waals surface area contributed by atoms with Crippen LogP contribution in [0.3, 0.4) is 0 Å². The normalized spacial score (nSPS) is 12.8. The zero-order valence-corrected chi connectivity index (χ0v) is 17.6. The van der Waals surface area contributed by atoms with E-state index >= 15 is 0 Å². The number of aromatic nitrogens is 1.